The topological polar surface area (TPSA) is 105 Å². The highest BCUT2D eigenvalue weighted by Crippen LogP contribution is 2.24. The van der Waals surface area contributed by atoms with E-state index in [1.54, 1.807) is 55.5 Å². The molecule has 0 heterocycles. The molecule has 2 rings (SSSR count). The summed E-state index contributed by atoms with van der Waals surface area (Å²) in [7, 11) is 1.05. The van der Waals surface area contributed by atoms with Crippen LogP contribution in [-0.4, -0.2) is 65.2 Å². The third-order valence-electron chi connectivity index (χ3n) is 5.64. The summed E-state index contributed by atoms with van der Waals surface area (Å²) < 4.78 is 36.5. The van der Waals surface area contributed by atoms with Crippen LogP contribution in [0.2, 0.25) is 0 Å². The Balaban J connectivity index is 2.19. The average molecular weight is 506 g/mol. The highest BCUT2D eigenvalue weighted by molar-refractivity contribution is 7.92. The SMILES string of the molecule is CC[C@@H](C(=O)NC)N(Cc1ccc(OC)cc1)C(=O)CCCN(c1cccc(OC)c1)S(C)(=O)=O. The first-order valence-electron chi connectivity index (χ1n) is 11.4. The predicted molar refractivity (Wildman–Crippen MR) is 136 cm³/mol. The molecule has 1 atom stereocenters. The van der Waals surface area contributed by atoms with E-state index in [9.17, 15) is 18.0 Å². The number of methoxy groups -OCH3 is 2. The molecule has 0 aliphatic carbocycles. The fourth-order valence-electron chi connectivity index (χ4n) is 3.78. The molecule has 2 amide bonds. The van der Waals surface area contributed by atoms with Crippen molar-refractivity contribution in [3.63, 3.8) is 0 Å². The first kappa shape index (κ1) is 28.0. The molecule has 2 aromatic rings. The van der Waals surface area contributed by atoms with Gasteiger partial charge in [0.15, 0.2) is 0 Å². The van der Waals surface area contributed by atoms with Crippen molar-refractivity contribution < 1.29 is 27.5 Å². The first-order chi connectivity index (χ1) is 16.6. The monoisotopic (exact) mass is 505 g/mol. The second-order valence-corrected chi connectivity index (χ2v) is 9.95. The molecule has 1 N–H and O–H groups in total. The van der Waals surface area contributed by atoms with Gasteiger partial charge in [0.2, 0.25) is 21.8 Å². The van der Waals surface area contributed by atoms with Gasteiger partial charge in [-0.05, 0) is 42.7 Å². The molecule has 35 heavy (non-hydrogen) atoms. The fraction of sp³-hybridized carbons (Fsp3) is 0.440. The summed E-state index contributed by atoms with van der Waals surface area (Å²) in [5.74, 6) is 0.761. The summed E-state index contributed by atoms with van der Waals surface area (Å²) in [6.07, 6.45) is 1.94. The molecule has 0 fully saturated rings. The summed E-state index contributed by atoms with van der Waals surface area (Å²) in [5, 5.41) is 2.63. The smallest absolute Gasteiger partial charge is 0.242 e. The molecule has 0 aliphatic heterocycles. The quantitative estimate of drug-likeness (QED) is 0.449. The van der Waals surface area contributed by atoms with Crippen LogP contribution in [0.5, 0.6) is 11.5 Å². The molecule has 192 valence electrons. The van der Waals surface area contributed by atoms with E-state index in [1.807, 2.05) is 19.1 Å². The number of sulfonamides is 1. The first-order valence-corrected chi connectivity index (χ1v) is 13.2. The molecule has 2 aromatic carbocycles. The van der Waals surface area contributed by atoms with Gasteiger partial charge >= 0.3 is 0 Å². The number of likely N-dealkylation sites (N-methyl/N-ethyl adjacent to an activating group) is 1. The number of carbonyl (C=O) groups is 2. The molecule has 0 saturated heterocycles. The van der Waals surface area contributed by atoms with Gasteiger partial charge in [-0.1, -0.05) is 25.1 Å². The van der Waals surface area contributed by atoms with Crippen LogP contribution in [0.25, 0.3) is 0 Å². The Morgan fingerprint density at radius 3 is 2.23 bits per heavy atom. The highest BCUT2D eigenvalue weighted by Gasteiger charge is 2.28. The Kier molecular flexibility index (Phi) is 10.4. The number of ether oxygens (including phenoxy) is 2. The second kappa shape index (κ2) is 13.0. The van der Waals surface area contributed by atoms with E-state index in [0.29, 0.717) is 23.6 Å². The number of nitrogens with one attached hydrogen (secondary N) is 1. The van der Waals surface area contributed by atoms with E-state index in [4.69, 9.17) is 9.47 Å². The zero-order chi connectivity index (χ0) is 26.0. The zero-order valence-electron chi connectivity index (χ0n) is 21.0. The Morgan fingerprint density at radius 2 is 1.69 bits per heavy atom. The highest BCUT2D eigenvalue weighted by atomic mass is 32.2. The van der Waals surface area contributed by atoms with Gasteiger partial charge in [0.05, 0.1) is 26.2 Å². The van der Waals surface area contributed by atoms with Gasteiger partial charge in [-0.3, -0.25) is 13.9 Å². The van der Waals surface area contributed by atoms with Crippen LogP contribution in [0, 0.1) is 0 Å². The van der Waals surface area contributed by atoms with Gasteiger partial charge in [0, 0.05) is 32.6 Å². The van der Waals surface area contributed by atoms with Crippen molar-refractivity contribution in [2.75, 3.05) is 38.4 Å². The summed E-state index contributed by atoms with van der Waals surface area (Å²) in [6, 6.07) is 13.4. The molecule has 0 aromatic heterocycles. The molecule has 9 nitrogen and oxygen atoms in total. The van der Waals surface area contributed by atoms with E-state index in [0.717, 1.165) is 11.8 Å². The molecule has 0 bridgehead atoms. The Labute approximate surface area is 208 Å². The van der Waals surface area contributed by atoms with Crippen molar-refractivity contribution >= 4 is 27.5 Å². The van der Waals surface area contributed by atoms with Crippen LogP contribution in [-0.2, 0) is 26.2 Å². The van der Waals surface area contributed by atoms with Gasteiger partial charge in [-0.15, -0.1) is 0 Å². The molecule has 0 unspecified atom stereocenters. The maximum absolute atomic E-state index is 13.3. The van der Waals surface area contributed by atoms with Crippen molar-refractivity contribution in [3.05, 3.63) is 54.1 Å². The lowest BCUT2D eigenvalue weighted by Gasteiger charge is -2.31. The molecule has 10 heteroatoms. The second-order valence-electron chi connectivity index (χ2n) is 8.05. The Morgan fingerprint density at radius 1 is 1.03 bits per heavy atom. The summed E-state index contributed by atoms with van der Waals surface area (Å²) in [5.41, 5.74) is 1.32. The molecule has 0 spiro atoms. The molecule has 0 saturated carbocycles. The Bertz CT molecular complexity index is 1090. The van der Waals surface area contributed by atoms with Crippen molar-refractivity contribution in [2.24, 2.45) is 0 Å². The minimum atomic E-state index is -3.58. The predicted octanol–water partition coefficient (Wildman–Crippen LogP) is 2.80. The standard InChI is InChI=1S/C25H35N3O6S/c1-6-23(25(30)26-2)27(18-19-12-14-21(33-3)15-13-19)24(29)11-8-16-28(35(5,31)32)20-9-7-10-22(17-20)34-4/h7,9-10,12-15,17,23H,6,8,11,16,18H2,1-5H3,(H,26,30)/t23-/m0/s1. The van der Waals surface area contributed by atoms with Crippen LogP contribution >= 0.6 is 0 Å². The zero-order valence-corrected chi connectivity index (χ0v) is 21.8. The van der Waals surface area contributed by atoms with Crippen molar-refractivity contribution in [3.8, 4) is 11.5 Å². The molecule has 0 aliphatic rings. The van der Waals surface area contributed by atoms with E-state index < -0.39 is 16.1 Å². The number of amides is 2. The number of hydrogen-bond donors (Lipinski definition) is 1. The minimum Gasteiger partial charge on any atom is -0.497 e. The largest absolute Gasteiger partial charge is 0.497 e. The van der Waals surface area contributed by atoms with Crippen LogP contribution in [0.3, 0.4) is 0 Å². The number of hydrogen-bond acceptors (Lipinski definition) is 6. The normalized spacial score (nSPS) is 11.9. The van der Waals surface area contributed by atoms with Crippen LogP contribution in [0.1, 0.15) is 31.7 Å². The number of carbonyl (C=O) groups excluding carboxylic acids is 2. The van der Waals surface area contributed by atoms with E-state index >= 15 is 0 Å². The van der Waals surface area contributed by atoms with E-state index in [1.165, 1.54) is 11.4 Å². The van der Waals surface area contributed by atoms with Gasteiger partial charge in [0.1, 0.15) is 17.5 Å². The van der Waals surface area contributed by atoms with Crippen molar-refractivity contribution in [1.29, 1.82) is 0 Å². The third-order valence-corrected chi connectivity index (χ3v) is 6.83. The molecular weight excluding hydrogens is 470 g/mol. The average Bonchev–Trinajstić information content (AvgIpc) is 2.85. The van der Waals surface area contributed by atoms with Gasteiger partial charge < -0.3 is 19.7 Å². The lowest BCUT2D eigenvalue weighted by molar-refractivity contribution is -0.141. The number of nitrogens with zero attached hydrogens (tertiary/aromatic N) is 2. The number of anilines is 1. The number of rotatable bonds is 13. The van der Waals surface area contributed by atoms with Crippen molar-refractivity contribution in [1.82, 2.24) is 10.2 Å². The van der Waals surface area contributed by atoms with Gasteiger partial charge in [-0.25, -0.2) is 8.42 Å². The summed E-state index contributed by atoms with van der Waals surface area (Å²) >= 11 is 0. The van der Waals surface area contributed by atoms with Gasteiger partial charge in [0.25, 0.3) is 0 Å². The maximum atomic E-state index is 13.3. The lowest BCUT2D eigenvalue weighted by atomic mass is 10.1. The molecular formula is C25H35N3O6S. The minimum absolute atomic E-state index is 0.0830. The third kappa shape index (κ3) is 7.88. The van der Waals surface area contributed by atoms with Crippen LogP contribution in [0.15, 0.2) is 48.5 Å². The fourth-order valence-corrected chi connectivity index (χ4v) is 4.74. The maximum Gasteiger partial charge on any atom is 0.242 e. The summed E-state index contributed by atoms with van der Waals surface area (Å²) in [6.45, 7) is 2.22. The summed E-state index contributed by atoms with van der Waals surface area (Å²) in [4.78, 5) is 27.4. The van der Waals surface area contributed by atoms with E-state index in [-0.39, 0.29) is 37.7 Å². The lowest BCUT2D eigenvalue weighted by Crippen LogP contribution is -2.48. The van der Waals surface area contributed by atoms with Crippen molar-refractivity contribution in [2.45, 2.75) is 38.8 Å². The number of benzene rings is 2. The van der Waals surface area contributed by atoms with Crippen LogP contribution < -0.4 is 19.1 Å². The van der Waals surface area contributed by atoms with Gasteiger partial charge in [-0.2, -0.15) is 0 Å². The molecule has 0 radical (unpaired) electrons. The van der Waals surface area contributed by atoms with Crippen LogP contribution in [0.4, 0.5) is 5.69 Å². The Hall–Kier alpha value is -3.27. The van der Waals surface area contributed by atoms with E-state index in [2.05, 4.69) is 5.32 Å².